The third-order valence-electron chi connectivity index (χ3n) is 2.51. The Morgan fingerprint density at radius 3 is 2.29 bits per heavy atom. The molecule has 0 aliphatic rings. The molecule has 0 radical (unpaired) electrons. The predicted octanol–water partition coefficient (Wildman–Crippen LogP) is 4.99. The van der Waals surface area contributed by atoms with Crippen LogP contribution in [0, 0.1) is 11.6 Å². The molecule has 2 N–H and O–H groups in total. The average molecular weight is 397 g/mol. The van der Waals surface area contributed by atoms with Crippen LogP contribution < -0.4 is 5.32 Å². The molecule has 1 amide bonds. The Morgan fingerprint density at radius 2 is 1.71 bits per heavy atom. The van der Waals surface area contributed by atoms with E-state index in [0.717, 1.165) is 12.1 Å². The van der Waals surface area contributed by atoms with Crippen molar-refractivity contribution in [2.24, 2.45) is 0 Å². The molecule has 21 heavy (non-hydrogen) atoms. The van der Waals surface area contributed by atoms with Crippen molar-refractivity contribution in [2.45, 2.75) is 0 Å². The standard InChI is InChI=1S/C13H6BrCl2F2NO2/c14-5-1-8(17)11(9(18)2-5)13(21)19-10-4-6(15)3-7(16)12(10)20/h1-4,20H,(H,19,21). The van der Waals surface area contributed by atoms with Crippen LogP contribution in [0.15, 0.2) is 28.7 Å². The summed E-state index contributed by atoms with van der Waals surface area (Å²) in [7, 11) is 0. The molecule has 110 valence electrons. The molecule has 0 bridgehead atoms. The molecule has 0 aliphatic carbocycles. The van der Waals surface area contributed by atoms with Gasteiger partial charge in [0.05, 0.1) is 10.7 Å². The largest absolute Gasteiger partial charge is 0.504 e. The van der Waals surface area contributed by atoms with Crippen LogP contribution in [-0.4, -0.2) is 11.0 Å². The number of anilines is 1. The fourth-order valence-electron chi connectivity index (χ4n) is 1.61. The zero-order valence-electron chi connectivity index (χ0n) is 10.1. The minimum Gasteiger partial charge on any atom is -0.504 e. The van der Waals surface area contributed by atoms with Crippen LogP contribution in [0.1, 0.15) is 10.4 Å². The van der Waals surface area contributed by atoms with Gasteiger partial charge in [-0.3, -0.25) is 4.79 Å². The van der Waals surface area contributed by atoms with E-state index in [9.17, 15) is 18.7 Å². The highest BCUT2D eigenvalue weighted by Crippen LogP contribution is 2.35. The minimum atomic E-state index is -1.08. The topological polar surface area (TPSA) is 49.3 Å². The van der Waals surface area contributed by atoms with Gasteiger partial charge in [0.15, 0.2) is 5.75 Å². The summed E-state index contributed by atoms with van der Waals surface area (Å²) in [4.78, 5) is 11.9. The molecule has 0 atom stereocenters. The number of halogens is 5. The molecule has 0 saturated carbocycles. The lowest BCUT2D eigenvalue weighted by molar-refractivity contribution is 0.101. The SMILES string of the molecule is O=C(Nc1cc(Cl)cc(Cl)c1O)c1c(F)cc(Br)cc1F. The second-order valence-electron chi connectivity index (χ2n) is 3.98. The minimum absolute atomic E-state index is 0.102. The van der Waals surface area contributed by atoms with Gasteiger partial charge in [-0.1, -0.05) is 39.1 Å². The van der Waals surface area contributed by atoms with Gasteiger partial charge in [-0.15, -0.1) is 0 Å². The number of nitrogens with one attached hydrogen (secondary N) is 1. The van der Waals surface area contributed by atoms with Crippen LogP contribution in [0.4, 0.5) is 14.5 Å². The number of hydrogen-bond acceptors (Lipinski definition) is 2. The molecular formula is C13H6BrCl2F2NO2. The van der Waals surface area contributed by atoms with Gasteiger partial charge in [0.1, 0.15) is 17.2 Å². The third kappa shape index (κ3) is 3.45. The highest BCUT2D eigenvalue weighted by Gasteiger charge is 2.20. The Hall–Kier alpha value is -1.37. The van der Waals surface area contributed by atoms with Crippen molar-refractivity contribution in [1.29, 1.82) is 0 Å². The van der Waals surface area contributed by atoms with Crippen molar-refractivity contribution in [3.63, 3.8) is 0 Å². The van der Waals surface area contributed by atoms with Crippen molar-refractivity contribution in [3.05, 3.63) is 56.0 Å². The first-order valence-corrected chi connectivity index (χ1v) is 6.98. The van der Waals surface area contributed by atoms with Gasteiger partial charge in [-0.2, -0.15) is 0 Å². The molecule has 0 aromatic heterocycles. The first-order valence-electron chi connectivity index (χ1n) is 5.43. The second kappa shape index (κ2) is 6.17. The van der Waals surface area contributed by atoms with E-state index in [1.165, 1.54) is 12.1 Å². The lowest BCUT2D eigenvalue weighted by Crippen LogP contribution is -2.16. The number of benzene rings is 2. The molecule has 2 aromatic carbocycles. The number of hydrogen-bond donors (Lipinski definition) is 2. The second-order valence-corrected chi connectivity index (χ2v) is 5.74. The molecule has 0 aliphatic heterocycles. The highest BCUT2D eigenvalue weighted by molar-refractivity contribution is 9.10. The molecule has 2 rings (SSSR count). The van der Waals surface area contributed by atoms with Gasteiger partial charge in [-0.25, -0.2) is 8.78 Å². The van der Waals surface area contributed by atoms with Crippen molar-refractivity contribution in [2.75, 3.05) is 5.32 Å². The van der Waals surface area contributed by atoms with E-state index in [0.29, 0.717) is 0 Å². The summed E-state index contributed by atoms with van der Waals surface area (Å²) < 4.78 is 27.5. The van der Waals surface area contributed by atoms with Crippen LogP contribution >= 0.6 is 39.1 Å². The maximum Gasteiger partial charge on any atom is 0.261 e. The molecular weight excluding hydrogens is 391 g/mol. The molecule has 0 fully saturated rings. The van der Waals surface area contributed by atoms with Crippen LogP contribution in [-0.2, 0) is 0 Å². The summed E-state index contributed by atoms with van der Waals surface area (Å²) in [6.45, 7) is 0. The van der Waals surface area contributed by atoms with E-state index >= 15 is 0 Å². The van der Waals surface area contributed by atoms with Gasteiger partial charge in [0.25, 0.3) is 5.91 Å². The number of carbonyl (C=O) groups excluding carboxylic acids is 1. The third-order valence-corrected chi connectivity index (χ3v) is 3.47. The van der Waals surface area contributed by atoms with Gasteiger partial charge in [0.2, 0.25) is 0 Å². The zero-order chi connectivity index (χ0) is 15.7. The quantitative estimate of drug-likeness (QED) is 0.702. The Balaban J connectivity index is 2.40. The van der Waals surface area contributed by atoms with Crippen molar-refractivity contribution >= 4 is 50.7 Å². The lowest BCUT2D eigenvalue weighted by Gasteiger charge is -2.10. The predicted molar refractivity (Wildman–Crippen MR) is 80.1 cm³/mol. The van der Waals surface area contributed by atoms with Gasteiger partial charge < -0.3 is 10.4 Å². The van der Waals surface area contributed by atoms with Crippen molar-refractivity contribution in [1.82, 2.24) is 0 Å². The number of amides is 1. The van der Waals surface area contributed by atoms with E-state index in [-0.39, 0.29) is 20.2 Å². The van der Waals surface area contributed by atoms with Gasteiger partial charge >= 0.3 is 0 Å². The summed E-state index contributed by atoms with van der Waals surface area (Å²) in [5.41, 5.74) is -0.937. The molecule has 0 spiro atoms. The van der Waals surface area contributed by atoms with Crippen LogP contribution in [0.5, 0.6) is 5.75 Å². The average Bonchev–Trinajstić information content (AvgIpc) is 2.33. The van der Waals surface area contributed by atoms with E-state index < -0.39 is 28.9 Å². The highest BCUT2D eigenvalue weighted by atomic mass is 79.9. The maximum absolute atomic E-state index is 13.7. The maximum atomic E-state index is 13.7. The van der Waals surface area contributed by atoms with E-state index in [2.05, 4.69) is 21.2 Å². The first-order chi connectivity index (χ1) is 9.79. The monoisotopic (exact) mass is 395 g/mol. The molecule has 8 heteroatoms. The van der Waals surface area contributed by atoms with E-state index in [1.807, 2.05) is 0 Å². The van der Waals surface area contributed by atoms with Crippen molar-refractivity contribution < 1.29 is 18.7 Å². The summed E-state index contributed by atoms with van der Waals surface area (Å²) >= 11 is 14.3. The summed E-state index contributed by atoms with van der Waals surface area (Å²) in [5, 5.41) is 11.9. The van der Waals surface area contributed by atoms with E-state index in [1.54, 1.807) is 0 Å². The smallest absolute Gasteiger partial charge is 0.261 e. The molecule has 0 saturated heterocycles. The van der Waals surface area contributed by atoms with E-state index in [4.69, 9.17) is 23.2 Å². The first kappa shape index (κ1) is 16.0. The normalized spacial score (nSPS) is 10.5. The molecule has 3 nitrogen and oxygen atoms in total. The number of phenols is 1. The van der Waals surface area contributed by atoms with Crippen LogP contribution in [0.25, 0.3) is 0 Å². The number of phenolic OH excluding ortho intramolecular Hbond substituents is 1. The molecule has 0 heterocycles. The number of carbonyl (C=O) groups is 1. The van der Waals surface area contributed by atoms with Crippen LogP contribution in [0.2, 0.25) is 10.0 Å². The Kier molecular flexibility index (Phi) is 4.70. The van der Waals surface area contributed by atoms with Crippen LogP contribution in [0.3, 0.4) is 0 Å². The lowest BCUT2D eigenvalue weighted by atomic mass is 10.1. The fraction of sp³-hybridized carbons (Fsp3) is 0. The van der Waals surface area contributed by atoms with Crippen molar-refractivity contribution in [3.8, 4) is 5.75 Å². The Labute approximate surface area is 136 Å². The summed E-state index contributed by atoms with van der Waals surface area (Å²) in [6.07, 6.45) is 0. The zero-order valence-corrected chi connectivity index (χ0v) is 13.2. The summed E-state index contributed by atoms with van der Waals surface area (Å²) in [6, 6.07) is 4.36. The molecule has 2 aromatic rings. The fourth-order valence-corrected chi connectivity index (χ4v) is 2.50. The molecule has 0 unspecified atom stereocenters. The Morgan fingerprint density at radius 1 is 1.14 bits per heavy atom. The van der Waals surface area contributed by atoms with Gasteiger partial charge in [-0.05, 0) is 24.3 Å². The number of rotatable bonds is 2. The van der Waals surface area contributed by atoms with Gasteiger partial charge in [0, 0.05) is 9.50 Å². The Bertz CT molecular complexity index is 717. The number of aromatic hydroxyl groups is 1. The summed E-state index contributed by atoms with van der Waals surface area (Å²) in [5.74, 6) is -3.63.